The SMILES string of the molecule is Cc1ccc(OCC2CN(C(=O)c3cc4c(cc3F)OCC(=O)CN4)C2)cc1C. The van der Waals surface area contributed by atoms with Gasteiger partial charge >= 0.3 is 0 Å². The van der Waals surface area contributed by atoms with Crippen LogP contribution in [0.4, 0.5) is 10.1 Å². The third-order valence-electron chi connectivity index (χ3n) is 5.37. The van der Waals surface area contributed by atoms with Gasteiger partial charge in [-0.1, -0.05) is 6.07 Å². The van der Waals surface area contributed by atoms with Crippen LogP contribution in [0, 0.1) is 25.6 Å². The molecule has 1 saturated heterocycles. The van der Waals surface area contributed by atoms with Crippen LogP contribution in [0.1, 0.15) is 21.5 Å². The van der Waals surface area contributed by atoms with Crippen molar-refractivity contribution in [2.24, 2.45) is 5.92 Å². The van der Waals surface area contributed by atoms with Gasteiger partial charge < -0.3 is 19.7 Å². The third kappa shape index (κ3) is 4.04. The van der Waals surface area contributed by atoms with Crippen molar-refractivity contribution in [1.29, 1.82) is 0 Å². The predicted molar refractivity (Wildman–Crippen MR) is 106 cm³/mol. The molecule has 0 bridgehead atoms. The van der Waals surface area contributed by atoms with Crippen molar-refractivity contribution >= 4 is 17.4 Å². The Labute approximate surface area is 168 Å². The number of nitrogens with zero attached hydrogens (tertiary/aromatic N) is 1. The number of aryl methyl sites for hydroxylation is 2. The molecule has 7 heteroatoms. The molecule has 2 aliphatic heterocycles. The molecule has 152 valence electrons. The molecule has 0 saturated carbocycles. The summed E-state index contributed by atoms with van der Waals surface area (Å²) in [5.41, 5.74) is 2.81. The lowest BCUT2D eigenvalue weighted by Gasteiger charge is -2.39. The molecule has 29 heavy (non-hydrogen) atoms. The maximum absolute atomic E-state index is 14.5. The minimum absolute atomic E-state index is 0.0253. The van der Waals surface area contributed by atoms with Crippen LogP contribution in [-0.2, 0) is 4.79 Å². The summed E-state index contributed by atoms with van der Waals surface area (Å²) in [4.78, 5) is 25.8. The molecule has 0 aliphatic carbocycles. The van der Waals surface area contributed by atoms with Gasteiger partial charge in [0.1, 0.15) is 23.9 Å². The molecule has 1 N–H and O–H groups in total. The van der Waals surface area contributed by atoms with Gasteiger partial charge in [-0.05, 0) is 43.2 Å². The molecule has 1 fully saturated rings. The number of hydrogen-bond acceptors (Lipinski definition) is 5. The first-order valence-corrected chi connectivity index (χ1v) is 9.62. The van der Waals surface area contributed by atoms with Crippen LogP contribution in [0.2, 0.25) is 0 Å². The molecule has 0 aromatic heterocycles. The highest BCUT2D eigenvalue weighted by atomic mass is 19.1. The van der Waals surface area contributed by atoms with Crippen molar-refractivity contribution < 1.29 is 23.5 Å². The number of ketones is 1. The Bertz CT molecular complexity index is 970. The number of carbonyl (C=O) groups is 2. The van der Waals surface area contributed by atoms with E-state index in [1.165, 1.54) is 17.2 Å². The molecule has 0 unspecified atom stereocenters. The Morgan fingerprint density at radius 3 is 2.79 bits per heavy atom. The summed E-state index contributed by atoms with van der Waals surface area (Å²) in [6, 6.07) is 8.54. The highest BCUT2D eigenvalue weighted by Crippen LogP contribution is 2.31. The number of halogens is 1. The van der Waals surface area contributed by atoms with Gasteiger partial charge in [0.2, 0.25) is 0 Å². The van der Waals surface area contributed by atoms with Crippen LogP contribution in [-0.4, -0.2) is 49.4 Å². The van der Waals surface area contributed by atoms with Crippen LogP contribution < -0.4 is 14.8 Å². The molecular formula is C22H23FN2O4. The van der Waals surface area contributed by atoms with Crippen LogP contribution >= 0.6 is 0 Å². The largest absolute Gasteiger partial charge is 0.493 e. The van der Waals surface area contributed by atoms with E-state index in [-0.39, 0.29) is 42.1 Å². The van der Waals surface area contributed by atoms with Crippen molar-refractivity contribution in [3.63, 3.8) is 0 Å². The number of amides is 1. The number of hydrogen-bond donors (Lipinski definition) is 1. The first-order chi connectivity index (χ1) is 13.9. The second-order valence-electron chi connectivity index (χ2n) is 7.64. The van der Waals surface area contributed by atoms with E-state index < -0.39 is 5.82 Å². The molecular weight excluding hydrogens is 375 g/mol. The van der Waals surface area contributed by atoms with Crippen molar-refractivity contribution in [3.05, 3.63) is 52.8 Å². The van der Waals surface area contributed by atoms with Gasteiger partial charge in [-0.3, -0.25) is 9.59 Å². The fraction of sp³-hybridized carbons (Fsp3) is 0.364. The molecule has 0 spiro atoms. The van der Waals surface area contributed by atoms with E-state index in [0.717, 1.165) is 11.8 Å². The number of carbonyl (C=O) groups excluding carboxylic acids is 2. The molecule has 2 aliphatic rings. The maximum atomic E-state index is 14.5. The van der Waals surface area contributed by atoms with Gasteiger partial charge in [-0.2, -0.15) is 0 Å². The lowest BCUT2D eigenvalue weighted by Crippen LogP contribution is -2.52. The molecule has 2 aromatic carbocycles. The summed E-state index contributed by atoms with van der Waals surface area (Å²) >= 11 is 0. The van der Waals surface area contributed by atoms with E-state index in [0.29, 0.717) is 25.4 Å². The Hall–Kier alpha value is -3.09. The van der Waals surface area contributed by atoms with Gasteiger partial charge in [-0.25, -0.2) is 4.39 Å². The fourth-order valence-corrected chi connectivity index (χ4v) is 3.41. The van der Waals surface area contributed by atoms with Crippen molar-refractivity contribution in [3.8, 4) is 11.5 Å². The fourth-order valence-electron chi connectivity index (χ4n) is 3.41. The van der Waals surface area contributed by atoms with E-state index in [9.17, 15) is 14.0 Å². The average Bonchev–Trinajstić information content (AvgIpc) is 2.84. The van der Waals surface area contributed by atoms with Crippen molar-refractivity contribution in [2.45, 2.75) is 13.8 Å². The number of benzene rings is 2. The van der Waals surface area contributed by atoms with Gasteiger partial charge in [0.15, 0.2) is 5.78 Å². The predicted octanol–water partition coefficient (Wildman–Crippen LogP) is 2.97. The van der Waals surface area contributed by atoms with Crippen LogP contribution in [0.15, 0.2) is 30.3 Å². The molecule has 2 heterocycles. The Balaban J connectivity index is 1.35. The van der Waals surface area contributed by atoms with Crippen LogP contribution in [0.5, 0.6) is 11.5 Å². The smallest absolute Gasteiger partial charge is 0.256 e. The maximum Gasteiger partial charge on any atom is 0.256 e. The van der Waals surface area contributed by atoms with E-state index in [1.807, 2.05) is 25.1 Å². The van der Waals surface area contributed by atoms with Crippen molar-refractivity contribution in [1.82, 2.24) is 4.90 Å². The van der Waals surface area contributed by atoms with E-state index in [1.54, 1.807) is 4.90 Å². The molecule has 1 amide bonds. The summed E-state index contributed by atoms with van der Waals surface area (Å²) < 4.78 is 25.6. The van der Waals surface area contributed by atoms with Gasteiger partial charge in [-0.15, -0.1) is 0 Å². The number of anilines is 1. The Morgan fingerprint density at radius 2 is 2.03 bits per heavy atom. The first kappa shape index (κ1) is 19.2. The van der Waals surface area contributed by atoms with Gasteiger partial charge in [0, 0.05) is 25.1 Å². The third-order valence-corrected chi connectivity index (χ3v) is 5.37. The zero-order chi connectivity index (χ0) is 20.5. The number of nitrogens with one attached hydrogen (secondary N) is 1. The number of fused-ring (bicyclic) bond motifs is 1. The van der Waals surface area contributed by atoms with Crippen molar-refractivity contribution in [2.75, 3.05) is 38.2 Å². The summed E-state index contributed by atoms with van der Waals surface area (Å²) in [6.07, 6.45) is 0. The molecule has 2 aromatic rings. The summed E-state index contributed by atoms with van der Waals surface area (Å²) in [5.74, 6) is 0.112. The van der Waals surface area contributed by atoms with E-state index in [4.69, 9.17) is 9.47 Å². The number of likely N-dealkylation sites (tertiary alicyclic amines) is 1. The quantitative estimate of drug-likeness (QED) is 0.858. The lowest BCUT2D eigenvalue weighted by molar-refractivity contribution is -0.119. The zero-order valence-electron chi connectivity index (χ0n) is 16.5. The standard InChI is InChI=1S/C22H23FN2O4/c1-13-3-4-17(5-14(13)2)28-11-15-9-25(10-15)22(27)18-6-20-21(7-19(18)23)29-12-16(26)8-24-20/h3-7,15,24H,8-12H2,1-2H3. The second-order valence-corrected chi connectivity index (χ2v) is 7.64. The second kappa shape index (κ2) is 7.73. The summed E-state index contributed by atoms with van der Waals surface area (Å²) in [7, 11) is 0. The normalized spacial score (nSPS) is 16.2. The van der Waals surface area contributed by atoms with Gasteiger partial charge in [0.25, 0.3) is 5.91 Å². The topological polar surface area (TPSA) is 67.9 Å². The average molecular weight is 398 g/mol. The number of Topliss-reactive ketones (excluding diaryl/α,β-unsaturated/α-hetero) is 1. The minimum atomic E-state index is -0.653. The number of rotatable bonds is 4. The highest BCUT2D eigenvalue weighted by Gasteiger charge is 2.33. The molecule has 0 radical (unpaired) electrons. The number of ether oxygens (including phenoxy) is 2. The van der Waals surface area contributed by atoms with E-state index >= 15 is 0 Å². The minimum Gasteiger partial charge on any atom is -0.493 e. The van der Waals surface area contributed by atoms with Crippen LogP contribution in [0.25, 0.3) is 0 Å². The summed E-state index contributed by atoms with van der Waals surface area (Å²) in [6.45, 7) is 5.61. The molecule has 6 nitrogen and oxygen atoms in total. The summed E-state index contributed by atoms with van der Waals surface area (Å²) in [5, 5.41) is 2.90. The van der Waals surface area contributed by atoms with Gasteiger partial charge in [0.05, 0.1) is 24.4 Å². The van der Waals surface area contributed by atoms with E-state index in [2.05, 4.69) is 12.2 Å². The zero-order valence-corrected chi connectivity index (χ0v) is 16.5. The molecule has 0 atom stereocenters. The monoisotopic (exact) mass is 398 g/mol. The van der Waals surface area contributed by atoms with Crippen LogP contribution in [0.3, 0.4) is 0 Å². The molecule has 4 rings (SSSR count). The Kier molecular flexibility index (Phi) is 5.13. The highest BCUT2D eigenvalue weighted by molar-refractivity contribution is 5.97. The lowest BCUT2D eigenvalue weighted by atomic mass is 9.99. The Morgan fingerprint density at radius 1 is 1.24 bits per heavy atom. The first-order valence-electron chi connectivity index (χ1n) is 9.62.